The van der Waals surface area contributed by atoms with Crippen molar-refractivity contribution in [3.05, 3.63) is 59.7 Å². The molecule has 0 spiro atoms. The van der Waals surface area contributed by atoms with E-state index in [2.05, 4.69) is 54.9 Å². The normalized spacial score (nSPS) is 12.1. The number of aryl methyl sites for hydroxylation is 1. The Morgan fingerprint density at radius 3 is 2.38 bits per heavy atom. The van der Waals surface area contributed by atoms with E-state index in [0.29, 0.717) is 6.04 Å². The predicted molar refractivity (Wildman–Crippen MR) is 105 cm³/mol. The third-order valence-corrected chi connectivity index (χ3v) is 4.62. The van der Waals surface area contributed by atoms with Gasteiger partial charge >= 0.3 is 0 Å². The van der Waals surface area contributed by atoms with E-state index in [1.165, 1.54) is 36.9 Å². The van der Waals surface area contributed by atoms with Gasteiger partial charge in [-0.2, -0.15) is 0 Å². The molecule has 0 amide bonds. The fourth-order valence-electron chi connectivity index (χ4n) is 3.01. The van der Waals surface area contributed by atoms with Crippen LogP contribution in [0.4, 0.5) is 11.4 Å². The molecule has 2 aromatic rings. The molecule has 0 aliphatic heterocycles. The Labute approximate surface area is 146 Å². The minimum Gasteiger partial charge on any atom is -0.398 e. The zero-order chi connectivity index (χ0) is 17.2. The summed E-state index contributed by atoms with van der Waals surface area (Å²) < 4.78 is 0. The van der Waals surface area contributed by atoms with Crippen molar-refractivity contribution in [2.75, 3.05) is 18.1 Å². The van der Waals surface area contributed by atoms with Crippen molar-refractivity contribution >= 4 is 11.4 Å². The van der Waals surface area contributed by atoms with E-state index < -0.39 is 0 Å². The lowest BCUT2D eigenvalue weighted by Gasteiger charge is -2.18. The number of hydrogen-bond donors (Lipinski definition) is 3. The molecule has 3 heteroatoms. The molecule has 0 fully saturated rings. The molecule has 130 valence electrons. The van der Waals surface area contributed by atoms with Gasteiger partial charge < -0.3 is 16.4 Å². The summed E-state index contributed by atoms with van der Waals surface area (Å²) in [5.41, 5.74) is 10.6. The van der Waals surface area contributed by atoms with Gasteiger partial charge in [-0.15, -0.1) is 0 Å². The van der Waals surface area contributed by atoms with Crippen molar-refractivity contribution in [3.63, 3.8) is 0 Å². The summed E-state index contributed by atoms with van der Waals surface area (Å²) in [5.74, 6) is 0. The summed E-state index contributed by atoms with van der Waals surface area (Å²) >= 11 is 0. The van der Waals surface area contributed by atoms with Crippen LogP contribution in [0.2, 0.25) is 0 Å². The molecule has 1 atom stereocenters. The second-order valence-corrected chi connectivity index (χ2v) is 6.38. The molecule has 0 aromatic heterocycles. The largest absolute Gasteiger partial charge is 0.398 e. The number of rotatable bonds is 10. The minimum absolute atomic E-state index is 0.600. The zero-order valence-corrected chi connectivity index (χ0v) is 15.0. The summed E-state index contributed by atoms with van der Waals surface area (Å²) in [4.78, 5) is 0. The average molecular weight is 326 g/mol. The second kappa shape index (κ2) is 9.99. The number of nitrogen functional groups attached to an aromatic ring is 1. The maximum Gasteiger partial charge on any atom is 0.0421 e. The van der Waals surface area contributed by atoms with Crippen LogP contribution < -0.4 is 16.4 Å². The van der Waals surface area contributed by atoms with Crippen LogP contribution in [-0.2, 0) is 13.0 Å². The van der Waals surface area contributed by atoms with Gasteiger partial charge in [0.2, 0.25) is 0 Å². The summed E-state index contributed by atoms with van der Waals surface area (Å²) in [7, 11) is 2.07. The number of unbranched alkanes of at least 4 members (excludes halogenated alkanes) is 1. The van der Waals surface area contributed by atoms with Gasteiger partial charge in [-0.25, -0.2) is 0 Å². The van der Waals surface area contributed by atoms with E-state index >= 15 is 0 Å². The first kappa shape index (κ1) is 18.3. The van der Waals surface area contributed by atoms with Gasteiger partial charge in [0.15, 0.2) is 0 Å². The average Bonchev–Trinajstić information content (AvgIpc) is 2.62. The molecule has 0 saturated heterocycles. The molecular weight excluding hydrogens is 294 g/mol. The first-order valence-electron chi connectivity index (χ1n) is 9.07. The van der Waals surface area contributed by atoms with Crippen LogP contribution in [0.15, 0.2) is 48.5 Å². The van der Waals surface area contributed by atoms with Crippen molar-refractivity contribution in [1.82, 2.24) is 5.32 Å². The standard InChI is InChI=1S/C21H31N3/c1-3-4-11-19(23-2)15-14-17-9-6-8-13-21(17)24-16-18-10-5-7-12-20(18)22/h5-10,12-13,19,23-24H,3-4,11,14-16,22H2,1-2H3. The molecule has 0 aliphatic carbocycles. The Hall–Kier alpha value is -2.00. The Balaban J connectivity index is 1.95. The number of para-hydroxylation sites is 2. The lowest BCUT2D eigenvalue weighted by Crippen LogP contribution is -2.25. The molecule has 0 saturated carbocycles. The van der Waals surface area contributed by atoms with Gasteiger partial charge in [-0.1, -0.05) is 56.2 Å². The van der Waals surface area contributed by atoms with E-state index in [9.17, 15) is 0 Å². The first-order valence-corrected chi connectivity index (χ1v) is 9.07. The van der Waals surface area contributed by atoms with Gasteiger partial charge in [0.1, 0.15) is 0 Å². The van der Waals surface area contributed by atoms with Crippen LogP contribution in [0, 0.1) is 0 Å². The van der Waals surface area contributed by atoms with Gasteiger partial charge in [0.05, 0.1) is 0 Å². The van der Waals surface area contributed by atoms with Crippen molar-refractivity contribution in [2.45, 2.75) is 51.6 Å². The summed E-state index contributed by atoms with van der Waals surface area (Å²) in [6.07, 6.45) is 6.06. The number of nitrogens with two attached hydrogens (primary N) is 1. The van der Waals surface area contributed by atoms with Crippen LogP contribution in [-0.4, -0.2) is 13.1 Å². The van der Waals surface area contributed by atoms with Gasteiger partial charge in [0.25, 0.3) is 0 Å². The van der Waals surface area contributed by atoms with Gasteiger partial charge in [-0.3, -0.25) is 0 Å². The maximum atomic E-state index is 6.04. The molecule has 1 unspecified atom stereocenters. The molecule has 3 nitrogen and oxygen atoms in total. The fourth-order valence-corrected chi connectivity index (χ4v) is 3.01. The molecule has 4 N–H and O–H groups in total. The fraction of sp³-hybridized carbons (Fsp3) is 0.429. The topological polar surface area (TPSA) is 50.1 Å². The smallest absolute Gasteiger partial charge is 0.0421 e. The van der Waals surface area contributed by atoms with Gasteiger partial charge in [0, 0.05) is 24.0 Å². The Morgan fingerprint density at radius 1 is 0.958 bits per heavy atom. The van der Waals surface area contributed by atoms with Crippen LogP contribution in [0.5, 0.6) is 0 Å². The highest BCUT2D eigenvalue weighted by molar-refractivity contribution is 5.54. The first-order chi connectivity index (χ1) is 11.7. The molecule has 0 aliphatic rings. The van der Waals surface area contributed by atoms with Crippen LogP contribution >= 0.6 is 0 Å². The third-order valence-electron chi connectivity index (χ3n) is 4.62. The quantitative estimate of drug-likeness (QED) is 0.560. The van der Waals surface area contributed by atoms with Gasteiger partial charge in [-0.05, 0) is 49.6 Å². The summed E-state index contributed by atoms with van der Waals surface area (Å²) in [5, 5.41) is 7.01. The zero-order valence-electron chi connectivity index (χ0n) is 15.0. The van der Waals surface area contributed by atoms with Crippen molar-refractivity contribution < 1.29 is 0 Å². The number of anilines is 2. The van der Waals surface area contributed by atoms with E-state index in [0.717, 1.165) is 24.2 Å². The molecule has 0 bridgehead atoms. The highest BCUT2D eigenvalue weighted by Crippen LogP contribution is 2.20. The van der Waals surface area contributed by atoms with Crippen LogP contribution in [0.25, 0.3) is 0 Å². The molecule has 0 heterocycles. The summed E-state index contributed by atoms with van der Waals surface area (Å²) in [6, 6.07) is 17.2. The van der Waals surface area contributed by atoms with E-state index in [1.54, 1.807) is 0 Å². The second-order valence-electron chi connectivity index (χ2n) is 6.38. The highest BCUT2D eigenvalue weighted by Gasteiger charge is 2.08. The lowest BCUT2D eigenvalue weighted by atomic mass is 10.00. The van der Waals surface area contributed by atoms with Crippen molar-refractivity contribution in [1.29, 1.82) is 0 Å². The lowest BCUT2D eigenvalue weighted by molar-refractivity contribution is 0.472. The van der Waals surface area contributed by atoms with Crippen LogP contribution in [0.1, 0.15) is 43.7 Å². The van der Waals surface area contributed by atoms with Crippen LogP contribution in [0.3, 0.4) is 0 Å². The monoisotopic (exact) mass is 325 g/mol. The third kappa shape index (κ3) is 5.57. The number of nitrogens with one attached hydrogen (secondary N) is 2. The Morgan fingerprint density at radius 2 is 1.67 bits per heavy atom. The maximum absolute atomic E-state index is 6.04. The molecule has 2 rings (SSSR count). The highest BCUT2D eigenvalue weighted by atomic mass is 14.9. The molecule has 24 heavy (non-hydrogen) atoms. The number of hydrogen-bond acceptors (Lipinski definition) is 3. The van der Waals surface area contributed by atoms with Crippen molar-refractivity contribution in [2.24, 2.45) is 0 Å². The summed E-state index contributed by atoms with van der Waals surface area (Å²) in [6.45, 7) is 3.01. The number of benzene rings is 2. The molecule has 0 radical (unpaired) electrons. The molecule has 2 aromatic carbocycles. The predicted octanol–water partition coefficient (Wildman–Crippen LogP) is 4.59. The van der Waals surface area contributed by atoms with E-state index in [4.69, 9.17) is 5.73 Å². The SMILES string of the molecule is CCCCC(CCc1ccccc1NCc1ccccc1N)NC. The minimum atomic E-state index is 0.600. The molecular formula is C21H31N3. The van der Waals surface area contributed by atoms with E-state index in [-0.39, 0.29) is 0 Å². The van der Waals surface area contributed by atoms with E-state index in [1.807, 2.05) is 18.2 Å². The Kier molecular flexibility index (Phi) is 7.63. The van der Waals surface area contributed by atoms with Crippen molar-refractivity contribution in [3.8, 4) is 0 Å². The Bertz CT molecular complexity index is 610.